The number of nitrogens with zero attached hydrogens (tertiary/aromatic N) is 2. The Labute approximate surface area is 150 Å². The number of anilines is 1. The van der Waals surface area contributed by atoms with E-state index in [0.717, 1.165) is 43.7 Å². The fraction of sp³-hybridized carbons (Fsp3) is 0.600. The topological polar surface area (TPSA) is 52.7 Å². The van der Waals surface area contributed by atoms with Crippen molar-refractivity contribution < 1.29 is 9.59 Å². The SMILES string of the molecule is CNCC1CCN(C(=O)C2CC(=O)N(c3cccc(C)c3C)C2)CC1. The van der Waals surface area contributed by atoms with Crippen LogP contribution in [0.2, 0.25) is 0 Å². The maximum absolute atomic E-state index is 12.9. The van der Waals surface area contributed by atoms with Crippen molar-refractivity contribution in [2.24, 2.45) is 11.8 Å². The first-order valence-corrected chi connectivity index (χ1v) is 9.31. The van der Waals surface area contributed by atoms with Gasteiger partial charge in [-0.1, -0.05) is 12.1 Å². The molecule has 2 saturated heterocycles. The van der Waals surface area contributed by atoms with Crippen molar-refractivity contribution in [1.29, 1.82) is 0 Å². The lowest BCUT2D eigenvalue weighted by Crippen LogP contribution is -2.43. The van der Waals surface area contributed by atoms with Crippen molar-refractivity contribution in [2.45, 2.75) is 33.1 Å². The second-order valence-electron chi connectivity index (χ2n) is 7.45. The number of aryl methyl sites for hydroxylation is 1. The van der Waals surface area contributed by atoms with Crippen LogP contribution in [0, 0.1) is 25.7 Å². The van der Waals surface area contributed by atoms with Gasteiger partial charge < -0.3 is 15.1 Å². The van der Waals surface area contributed by atoms with Crippen LogP contribution in [0.5, 0.6) is 0 Å². The lowest BCUT2D eigenvalue weighted by molar-refractivity contribution is -0.137. The van der Waals surface area contributed by atoms with Crippen LogP contribution in [0.1, 0.15) is 30.4 Å². The summed E-state index contributed by atoms with van der Waals surface area (Å²) in [5.74, 6) is 0.681. The van der Waals surface area contributed by atoms with Crippen LogP contribution in [-0.4, -0.2) is 49.9 Å². The standard InChI is InChI=1S/C20H29N3O2/c1-14-5-4-6-18(15(14)2)23-13-17(11-19(23)24)20(25)22-9-7-16(8-10-22)12-21-3/h4-6,16-17,21H,7-13H2,1-3H3. The molecule has 2 aliphatic heterocycles. The average Bonchev–Trinajstić information content (AvgIpc) is 2.99. The smallest absolute Gasteiger partial charge is 0.228 e. The molecule has 0 aliphatic carbocycles. The average molecular weight is 343 g/mol. The molecule has 2 heterocycles. The van der Waals surface area contributed by atoms with Gasteiger partial charge in [-0.3, -0.25) is 9.59 Å². The molecule has 0 saturated carbocycles. The van der Waals surface area contributed by atoms with Gasteiger partial charge in [-0.15, -0.1) is 0 Å². The highest BCUT2D eigenvalue weighted by Gasteiger charge is 2.38. The van der Waals surface area contributed by atoms with Crippen LogP contribution in [0.25, 0.3) is 0 Å². The summed E-state index contributed by atoms with van der Waals surface area (Å²) < 4.78 is 0. The minimum atomic E-state index is -0.201. The highest BCUT2D eigenvalue weighted by molar-refractivity contribution is 6.00. The van der Waals surface area contributed by atoms with Gasteiger partial charge in [-0.25, -0.2) is 0 Å². The number of hydrogen-bond acceptors (Lipinski definition) is 3. The predicted octanol–water partition coefficient (Wildman–Crippen LogP) is 2.11. The molecule has 136 valence electrons. The molecule has 0 bridgehead atoms. The summed E-state index contributed by atoms with van der Waals surface area (Å²) in [6, 6.07) is 6.01. The van der Waals surface area contributed by atoms with Crippen molar-refractivity contribution in [3.63, 3.8) is 0 Å². The van der Waals surface area contributed by atoms with Gasteiger partial charge in [0.1, 0.15) is 0 Å². The first kappa shape index (κ1) is 17.9. The molecule has 1 unspecified atom stereocenters. The summed E-state index contributed by atoms with van der Waals surface area (Å²) in [6.07, 6.45) is 2.44. The summed E-state index contributed by atoms with van der Waals surface area (Å²) in [7, 11) is 1.98. The summed E-state index contributed by atoms with van der Waals surface area (Å²) in [5, 5.41) is 3.22. The first-order chi connectivity index (χ1) is 12.0. The first-order valence-electron chi connectivity index (χ1n) is 9.31. The number of carbonyl (C=O) groups is 2. The van der Waals surface area contributed by atoms with Gasteiger partial charge in [-0.05, 0) is 63.4 Å². The normalized spacial score (nSPS) is 21.9. The molecule has 2 amide bonds. The molecule has 2 aliphatic rings. The quantitative estimate of drug-likeness (QED) is 0.911. The maximum atomic E-state index is 12.9. The van der Waals surface area contributed by atoms with E-state index in [4.69, 9.17) is 0 Å². The van der Waals surface area contributed by atoms with E-state index < -0.39 is 0 Å². The van der Waals surface area contributed by atoms with E-state index >= 15 is 0 Å². The fourth-order valence-electron chi connectivity index (χ4n) is 4.04. The van der Waals surface area contributed by atoms with Crippen molar-refractivity contribution >= 4 is 17.5 Å². The van der Waals surface area contributed by atoms with Gasteiger partial charge in [-0.2, -0.15) is 0 Å². The fourth-order valence-corrected chi connectivity index (χ4v) is 4.04. The number of piperidine rings is 1. The Kier molecular flexibility index (Phi) is 5.42. The second-order valence-corrected chi connectivity index (χ2v) is 7.45. The molecule has 1 aromatic carbocycles. The molecule has 0 aromatic heterocycles. The summed E-state index contributed by atoms with van der Waals surface area (Å²) in [6.45, 7) is 7.26. The van der Waals surface area contributed by atoms with Gasteiger partial charge in [0.2, 0.25) is 11.8 Å². The molecule has 5 heteroatoms. The summed E-state index contributed by atoms with van der Waals surface area (Å²) in [4.78, 5) is 29.2. The molecular formula is C20H29N3O2. The molecular weight excluding hydrogens is 314 g/mol. The van der Waals surface area contributed by atoms with Gasteiger partial charge >= 0.3 is 0 Å². The second kappa shape index (κ2) is 7.56. The molecule has 2 fully saturated rings. The molecule has 0 radical (unpaired) electrons. The number of rotatable bonds is 4. The molecule has 1 atom stereocenters. The third-order valence-corrected chi connectivity index (χ3v) is 5.76. The Morgan fingerprint density at radius 1 is 1.24 bits per heavy atom. The van der Waals surface area contributed by atoms with Crippen molar-refractivity contribution in [1.82, 2.24) is 10.2 Å². The Bertz CT molecular complexity index is 650. The Balaban J connectivity index is 1.64. The minimum Gasteiger partial charge on any atom is -0.342 e. The molecule has 1 N–H and O–H groups in total. The van der Waals surface area contributed by atoms with Gasteiger partial charge in [0.05, 0.1) is 5.92 Å². The van der Waals surface area contributed by atoms with E-state index in [9.17, 15) is 9.59 Å². The van der Waals surface area contributed by atoms with Gasteiger partial charge in [0, 0.05) is 31.7 Å². The number of nitrogens with one attached hydrogen (secondary N) is 1. The number of amides is 2. The van der Waals surface area contributed by atoms with Crippen LogP contribution in [0.4, 0.5) is 5.69 Å². The van der Waals surface area contributed by atoms with E-state index in [-0.39, 0.29) is 17.7 Å². The van der Waals surface area contributed by atoms with E-state index in [1.54, 1.807) is 4.90 Å². The maximum Gasteiger partial charge on any atom is 0.228 e. The summed E-state index contributed by atoms with van der Waals surface area (Å²) >= 11 is 0. The highest BCUT2D eigenvalue weighted by Crippen LogP contribution is 2.31. The zero-order valence-electron chi connectivity index (χ0n) is 15.5. The highest BCUT2D eigenvalue weighted by atomic mass is 16.2. The molecule has 0 spiro atoms. The Hall–Kier alpha value is -1.88. The molecule has 1 aromatic rings. The van der Waals surface area contributed by atoms with Gasteiger partial charge in [0.25, 0.3) is 0 Å². The van der Waals surface area contributed by atoms with E-state index in [1.807, 2.05) is 31.0 Å². The number of benzene rings is 1. The molecule has 3 rings (SSSR count). The van der Waals surface area contributed by atoms with E-state index in [2.05, 4.69) is 18.3 Å². The van der Waals surface area contributed by atoms with Crippen molar-refractivity contribution in [3.8, 4) is 0 Å². The summed E-state index contributed by atoms with van der Waals surface area (Å²) in [5.41, 5.74) is 3.25. The van der Waals surface area contributed by atoms with Crippen molar-refractivity contribution in [3.05, 3.63) is 29.3 Å². The zero-order chi connectivity index (χ0) is 18.0. The monoisotopic (exact) mass is 343 g/mol. The number of hydrogen-bond donors (Lipinski definition) is 1. The lowest BCUT2D eigenvalue weighted by atomic mass is 9.95. The van der Waals surface area contributed by atoms with Crippen molar-refractivity contribution in [2.75, 3.05) is 38.1 Å². The zero-order valence-corrected chi connectivity index (χ0v) is 15.5. The Morgan fingerprint density at radius 2 is 1.96 bits per heavy atom. The number of carbonyl (C=O) groups excluding carboxylic acids is 2. The van der Waals surface area contributed by atoms with E-state index in [1.165, 1.54) is 5.56 Å². The van der Waals surface area contributed by atoms with Crippen LogP contribution in [0.15, 0.2) is 18.2 Å². The third-order valence-electron chi connectivity index (χ3n) is 5.76. The van der Waals surface area contributed by atoms with Crippen LogP contribution in [-0.2, 0) is 9.59 Å². The van der Waals surface area contributed by atoms with Crippen LogP contribution < -0.4 is 10.2 Å². The van der Waals surface area contributed by atoms with Crippen LogP contribution in [0.3, 0.4) is 0 Å². The lowest BCUT2D eigenvalue weighted by Gasteiger charge is -2.33. The third kappa shape index (κ3) is 3.71. The molecule has 5 nitrogen and oxygen atoms in total. The Morgan fingerprint density at radius 3 is 2.64 bits per heavy atom. The van der Waals surface area contributed by atoms with Gasteiger partial charge in [0.15, 0.2) is 0 Å². The predicted molar refractivity (Wildman–Crippen MR) is 99.6 cm³/mol. The van der Waals surface area contributed by atoms with E-state index in [0.29, 0.717) is 18.9 Å². The van der Waals surface area contributed by atoms with Crippen LogP contribution >= 0.6 is 0 Å². The number of likely N-dealkylation sites (tertiary alicyclic amines) is 1. The minimum absolute atomic E-state index is 0.0668. The largest absolute Gasteiger partial charge is 0.342 e. The molecule has 25 heavy (non-hydrogen) atoms.